The molecule has 88 valence electrons. The lowest BCUT2D eigenvalue weighted by Gasteiger charge is -2.12. The highest BCUT2D eigenvalue weighted by atomic mass is 16.5. The van der Waals surface area contributed by atoms with Gasteiger partial charge in [-0.1, -0.05) is 11.2 Å². The average molecular weight is 223 g/mol. The summed E-state index contributed by atoms with van der Waals surface area (Å²) in [6.07, 6.45) is -0.528. The van der Waals surface area contributed by atoms with Gasteiger partial charge in [0.15, 0.2) is 0 Å². The van der Waals surface area contributed by atoms with Gasteiger partial charge in [-0.15, -0.1) is 0 Å². The second-order valence-electron chi connectivity index (χ2n) is 3.85. The molecule has 1 atom stereocenters. The van der Waals surface area contributed by atoms with Crippen molar-refractivity contribution in [1.29, 1.82) is 0 Å². The van der Waals surface area contributed by atoms with Crippen LogP contribution in [0.15, 0.2) is 23.4 Å². The normalized spacial score (nSPS) is 13.6. The van der Waals surface area contributed by atoms with Crippen LogP contribution in [0.25, 0.3) is 0 Å². The summed E-state index contributed by atoms with van der Waals surface area (Å²) in [5, 5.41) is 21.1. The molecule has 0 aliphatic carbocycles. The Kier molecular flexibility index (Phi) is 4.31. The Labute approximate surface area is 95.2 Å². The molecule has 0 spiro atoms. The molecule has 0 amide bonds. The van der Waals surface area contributed by atoms with Gasteiger partial charge in [0.1, 0.15) is 12.4 Å². The monoisotopic (exact) mass is 223 g/mol. The molecular formula is C12H17NO3. The molecule has 0 fully saturated rings. The number of hydrogen-bond donors (Lipinski definition) is 2. The van der Waals surface area contributed by atoms with Crippen molar-refractivity contribution in [2.45, 2.75) is 26.9 Å². The van der Waals surface area contributed by atoms with Crippen molar-refractivity contribution < 1.29 is 15.1 Å². The molecule has 1 unspecified atom stereocenters. The summed E-state index contributed by atoms with van der Waals surface area (Å²) in [6, 6.07) is 5.60. The molecule has 0 heterocycles. The van der Waals surface area contributed by atoms with Crippen LogP contribution in [0.2, 0.25) is 0 Å². The van der Waals surface area contributed by atoms with E-state index in [1.807, 2.05) is 25.1 Å². The maximum Gasteiger partial charge on any atom is 0.128 e. The summed E-state index contributed by atoms with van der Waals surface area (Å²) < 4.78 is 5.46. The Bertz CT molecular complexity index is 386. The van der Waals surface area contributed by atoms with Crippen LogP contribution in [0.3, 0.4) is 0 Å². The number of aliphatic hydroxyl groups is 1. The summed E-state index contributed by atoms with van der Waals surface area (Å²) >= 11 is 0. The zero-order chi connectivity index (χ0) is 12.1. The van der Waals surface area contributed by atoms with Crippen molar-refractivity contribution in [3.63, 3.8) is 0 Å². The number of benzene rings is 1. The van der Waals surface area contributed by atoms with Crippen molar-refractivity contribution >= 4 is 5.71 Å². The molecule has 2 N–H and O–H groups in total. The van der Waals surface area contributed by atoms with E-state index in [9.17, 15) is 0 Å². The van der Waals surface area contributed by atoms with Gasteiger partial charge in [-0.2, -0.15) is 0 Å². The first kappa shape index (κ1) is 12.5. The van der Waals surface area contributed by atoms with Gasteiger partial charge in [0.05, 0.1) is 11.8 Å². The number of rotatable bonds is 4. The Morgan fingerprint density at radius 3 is 2.75 bits per heavy atom. The van der Waals surface area contributed by atoms with E-state index in [4.69, 9.17) is 15.1 Å². The first-order valence-electron chi connectivity index (χ1n) is 5.15. The number of aryl methyl sites for hydroxylation is 1. The second-order valence-corrected chi connectivity index (χ2v) is 3.85. The van der Waals surface area contributed by atoms with Gasteiger partial charge in [0.25, 0.3) is 0 Å². The molecule has 4 heteroatoms. The Balaban J connectivity index is 2.99. The third-order valence-corrected chi connectivity index (χ3v) is 2.16. The van der Waals surface area contributed by atoms with Crippen molar-refractivity contribution in [3.05, 3.63) is 29.3 Å². The predicted octanol–water partition coefficient (Wildman–Crippen LogP) is 1.95. The summed E-state index contributed by atoms with van der Waals surface area (Å²) in [6.45, 7) is 5.52. The van der Waals surface area contributed by atoms with Crippen LogP contribution < -0.4 is 4.74 Å². The molecule has 0 saturated carbocycles. The van der Waals surface area contributed by atoms with Crippen LogP contribution in [-0.4, -0.2) is 28.7 Å². The molecular weight excluding hydrogens is 206 g/mol. The molecule has 0 aliphatic rings. The minimum Gasteiger partial charge on any atom is -0.490 e. The highest BCUT2D eigenvalue weighted by Crippen LogP contribution is 2.21. The standard InChI is InChI=1S/C12H17NO3/c1-8-4-5-11(10(3)13-15)12(6-8)16-7-9(2)14/h4-6,9,14-15H,7H2,1-3H3. The van der Waals surface area contributed by atoms with Crippen LogP contribution in [0.4, 0.5) is 0 Å². The molecule has 16 heavy (non-hydrogen) atoms. The molecule has 0 aliphatic heterocycles. The number of hydrogen-bond acceptors (Lipinski definition) is 4. The summed E-state index contributed by atoms with van der Waals surface area (Å²) in [4.78, 5) is 0. The van der Waals surface area contributed by atoms with Gasteiger partial charge in [-0.3, -0.25) is 0 Å². The van der Waals surface area contributed by atoms with Gasteiger partial charge >= 0.3 is 0 Å². The molecule has 1 aromatic carbocycles. The third kappa shape index (κ3) is 3.24. The van der Waals surface area contributed by atoms with E-state index < -0.39 is 6.10 Å². The topological polar surface area (TPSA) is 62.1 Å². The fourth-order valence-electron chi connectivity index (χ4n) is 1.31. The molecule has 1 aromatic rings. The maximum absolute atomic E-state index is 9.17. The van der Waals surface area contributed by atoms with Crippen LogP contribution in [0, 0.1) is 6.92 Å². The number of nitrogens with zero attached hydrogens (tertiary/aromatic N) is 1. The first-order valence-corrected chi connectivity index (χ1v) is 5.15. The minimum atomic E-state index is -0.528. The van der Waals surface area contributed by atoms with Crippen molar-refractivity contribution in [2.75, 3.05) is 6.61 Å². The van der Waals surface area contributed by atoms with E-state index in [2.05, 4.69) is 5.16 Å². The molecule has 1 rings (SSSR count). The van der Waals surface area contributed by atoms with E-state index in [1.165, 1.54) is 0 Å². The van der Waals surface area contributed by atoms with Gasteiger partial charge in [-0.25, -0.2) is 0 Å². The van der Waals surface area contributed by atoms with E-state index >= 15 is 0 Å². The third-order valence-electron chi connectivity index (χ3n) is 2.16. The second kappa shape index (κ2) is 5.51. The summed E-state index contributed by atoms with van der Waals surface area (Å²) in [7, 11) is 0. The first-order chi connectivity index (χ1) is 7.54. The Morgan fingerprint density at radius 1 is 1.50 bits per heavy atom. The van der Waals surface area contributed by atoms with Crippen molar-refractivity contribution in [1.82, 2.24) is 0 Å². The molecule has 0 aromatic heterocycles. The highest BCUT2D eigenvalue weighted by Gasteiger charge is 2.08. The fraction of sp³-hybridized carbons (Fsp3) is 0.417. The van der Waals surface area contributed by atoms with E-state index in [1.54, 1.807) is 13.8 Å². The SMILES string of the molecule is CC(=NO)c1ccc(C)cc1OCC(C)O. The largest absolute Gasteiger partial charge is 0.490 e. The lowest BCUT2D eigenvalue weighted by molar-refractivity contribution is 0.122. The molecule has 4 nitrogen and oxygen atoms in total. The molecule has 0 saturated heterocycles. The van der Waals surface area contributed by atoms with Crippen LogP contribution in [0.1, 0.15) is 25.0 Å². The van der Waals surface area contributed by atoms with Gasteiger partial charge in [-0.05, 0) is 38.5 Å². The molecule has 0 radical (unpaired) electrons. The van der Waals surface area contributed by atoms with Crippen LogP contribution >= 0.6 is 0 Å². The summed E-state index contributed by atoms with van der Waals surface area (Å²) in [5.41, 5.74) is 2.27. The quantitative estimate of drug-likeness (QED) is 0.466. The van der Waals surface area contributed by atoms with Gasteiger partial charge in [0.2, 0.25) is 0 Å². The van der Waals surface area contributed by atoms with Gasteiger partial charge in [0, 0.05) is 5.56 Å². The lowest BCUT2D eigenvalue weighted by Crippen LogP contribution is -2.14. The van der Waals surface area contributed by atoms with E-state index in [0.29, 0.717) is 11.5 Å². The minimum absolute atomic E-state index is 0.217. The maximum atomic E-state index is 9.17. The van der Waals surface area contributed by atoms with Crippen molar-refractivity contribution in [3.8, 4) is 5.75 Å². The zero-order valence-electron chi connectivity index (χ0n) is 9.77. The smallest absolute Gasteiger partial charge is 0.128 e. The highest BCUT2D eigenvalue weighted by molar-refractivity contribution is 6.00. The van der Waals surface area contributed by atoms with E-state index in [0.717, 1.165) is 11.1 Å². The van der Waals surface area contributed by atoms with E-state index in [-0.39, 0.29) is 6.61 Å². The van der Waals surface area contributed by atoms with Crippen LogP contribution in [-0.2, 0) is 0 Å². The average Bonchev–Trinajstić information content (AvgIpc) is 2.25. The Morgan fingerprint density at radius 2 is 2.19 bits per heavy atom. The predicted molar refractivity (Wildman–Crippen MR) is 62.4 cm³/mol. The van der Waals surface area contributed by atoms with Gasteiger partial charge < -0.3 is 15.1 Å². The number of aliphatic hydroxyl groups excluding tert-OH is 1. The number of oxime groups is 1. The number of ether oxygens (including phenoxy) is 1. The lowest BCUT2D eigenvalue weighted by atomic mass is 10.1. The van der Waals surface area contributed by atoms with Crippen LogP contribution in [0.5, 0.6) is 5.75 Å². The Hall–Kier alpha value is -1.55. The van der Waals surface area contributed by atoms with Crippen molar-refractivity contribution in [2.24, 2.45) is 5.16 Å². The fourth-order valence-corrected chi connectivity index (χ4v) is 1.31. The summed E-state index contributed by atoms with van der Waals surface area (Å²) in [5.74, 6) is 0.621. The zero-order valence-corrected chi connectivity index (χ0v) is 9.77. The molecule has 0 bridgehead atoms.